The molecule has 5 N–H and O–H groups in total. The summed E-state index contributed by atoms with van der Waals surface area (Å²) < 4.78 is 15.6. The van der Waals surface area contributed by atoms with E-state index >= 15 is 0 Å². The van der Waals surface area contributed by atoms with Gasteiger partial charge in [-0.3, -0.25) is 9.59 Å². The average molecular weight is 471 g/mol. The van der Waals surface area contributed by atoms with E-state index in [4.69, 9.17) is 39.7 Å². The Morgan fingerprint density at radius 2 is 1.09 bits per heavy atom. The van der Waals surface area contributed by atoms with Crippen LogP contribution in [0.4, 0.5) is 0 Å². The lowest BCUT2D eigenvalue weighted by atomic mass is 10.2. The van der Waals surface area contributed by atoms with Crippen molar-refractivity contribution in [3.63, 3.8) is 0 Å². The molecule has 0 amide bonds. The van der Waals surface area contributed by atoms with Gasteiger partial charge in [-0.1, -0.05) is 13.8 Å². The van der Waals surface area contributed by atoms with E-state index < -0.39 is 24.1 Å². The highest BCUT2D eigenvalue weighted by molar-refractivity contribution is 5.67. The number of aliphatic hydroxyl groups is 3. The minimum absolute atomic E-state index is 0.00667. The number of carboxylic acid groups (broad SMARTS) is 2. The maximum absolute atomic E-state index is 9.90. The van der Waals surface area contributed by atoms with Crippen LogP contribution in [0.15, 0.2) is 0 Å². The number of carboxylic acids is 2. The molecule has 194 valence electrons. The van der Waals surface area contributed by atoms with Crippen molar-refractivity contribution in [3.05, 3.63) is 0 Å². The third kappa shape index (κ3) is 39.2. The van der Waals surface area contributed by atoms with Crippen LogP contribution in [0.25, 0.3) is 0 Å². The zero-order valence-electron chi connectivity index (χ0n) is 20.5. The highest BCUT2D eigenvalue weighted by Crippen LogP contribution is 1.99. The van der Waals surface area contributed by atoms with Crippen molar-refractivity contribution in [2.45, 2.75) is 91.6 Å². The predicted molar refractivity (Wildman–Crippen MR) is 121 cm³/mol. The fraction of sp³-hybridized carbons (Fsp3) is 0.909. The SMILES string of the molecule is CC(C)COCC(C)OCC(C)O.CC(O)COC(C)CO.O=C(O)CCCCC(=O)O. The number of ether oxygens (including phenoxy) is 3. The lowest BCUT2D eigenvalue weighted by Gasteiger charge is -2.15. The fourth-order valence-electron chi connectivity index (χ4n) is 1.73. The van der Waals surface area contributed by atoms with Crippen molar-refractivity contribution in [1.82, 2.24) is 0 Å². The fourth-order valence-corrected chi connectivity index (χ4v) is 1.73. The van der Waals surface area contributed by atoms with Gasteiger partial charge >= 0.3 is 11.9 Å². The molecule has 4 atom stereocenters. The first-order chi connectivity index (χ1) is 14.8. The summed E-state index contributed by atoms with van der Waals surface area (Å²) >= 11 is 0. The summed E-state index contributed by atoms with van der Waals surface area (Å²) in [5, 5.41) is 42.3. The van der Waals surface area contributed by atoms with Gasteiger partial charge in [0.25, 0.3) is 0 Å². The van der Waals surface area contributed by atoms with Gasteiger partial charge in [-0.25, -0.2) is 0 Å². The van der Waals surface area contributed by atoms with Crippen LogP contribution in [0.1, 0.15) is 67.2 Å². The molecule has 0 fully saturated rings. The summed E-state index contributed by atoms with van der Waals surface area (Å²) in [6.45, 7) is 13.3. The number of hydrogen-bond donors (Lipinski definition) is 5. The third-order valence-electron chi connectivity index (χ3n) is 3.34. The van der Waals surface area contributed by atoms with E-state index in [0.717, 1.165) is 6.61 Å². The van der Waals surface area contributed by atoms with Gasteiger partial charge in [-0.15, -0.1) is 0 Å². The second-order valence-corrected chi connectivity index (χ2v) is 8.09. The molecule has 0 saturated heterocycles. The van der Waals surface area contributed by atoms with Crippen LogP contribution in [0, 0.1) is 5.92 Å². The van der Waals surface area contributed by atoms with Crippen molar-refractivity contribution in [1.29, 1.82) is 0 Å². The summed E-state index contributed by atoms with van der Waals surface area (Å²) in [5.41, 5.74) is 0. The van der Waals surface area contributed by atoms with Crippen LogP contribution in [0.2, 0.25) is 0 Å². The minimum Gasteiger partial charge on any atom is -0.481 e. The number of rotatable bonds is 16. The van der Waals surface area contributed by atoms with Crippen molar-refractivity contribution in [2.24, 2.45) is 5.92 Å². The molecule has 0 bridgehead atoms. The Balaban J connectivity index is -0.000000403. The van der Waals surface area contributed by atoms with Gasteiger partial charge in [-0.05, 0) is 46.5 Å². The number of aliphatic carboxylic acids is 2. The van der Waals surface area contributed by atoms with E-state index in [0.29, 0.717) is 38.6 Å². The van der Waals surface area contributed by atoms with Gasteiger partial charge in [0.15, 0.2) is 0 Å². The lowest BCUT2D eigenvalue weighted by Crippen LogP contribution is -2.22. The predicted octanol–water partition coefficient (Wildman–Crippen LogP) is 1.93. The van der Waals surface area contributed by atoms with Crippen LogP contribution in [-0.4, -0.2) is 94.9 Å². The number of aliphatic hydroxyl groups excluding tert-OH is 3. The Hall–Kier alpha value is -1.30. The molecule has 0 saturated carbocycles. The highest BCUT2D eigenvalue weighted by Gasteiger charge is 2.05. The second-order valence-electron chi connectivity index (χ2n) is 8.09. The molecule has 10 heteroatoms. The molecule has 10 nitrogen and oxygen atoms in total. The Kier molecular flexibility index (Phi) is 26.8. The van der Waals surface area contributed by atoms with Crippen LogP contribution in [-0.2, 0) is 23.8 Å². The van der Waals surface area contributed by atoms with E-state index in [-0.39, 0.29) is 31.7 Å². The molecule has 0 aromatic heterocycles. The maximum atomic E-state index is 9.90. The molecular weight excluding hydrogens is 424 g/mol. The van der Waals surface area contributed by atoms with E-state index in [1.807, 2.05) is 6.92 Å². The zero-order valence-corrected chi connectivity index (χ0v) is 20.5. The number of unbranched alkanes of at least 4 members (excludes halogenated alkanes) is 1. The van der Waals surface area contributed by atoms with E-state index in [9.17, 15) is 9.59 Å². The Morgan fingerprint density at radius 1 is 0.688 bits per heavy atom. The molecule has 0 heterocycles. The molecule has 0 aliphatic carbocycles. The first-order valence-corrected chi connectivity index (χ1v) is 11.0. The quantitative estimate of drug-likeness (QED) is 0.211. The first-order valence-electron chi connectivity index (χ1n) is 11.0. The third-order valence-corrected chi connectivity index (χ3v) is 3.34. The van der Waals surface area contributed by atoms with Gasteiger partial charge in [0.05, 0.1) is 50.8 Å². The van der Waals surface area contributed by atoms with Crippen molar-refractivity contribution in [2.75, 3.05) is 33.0 Å². The molecule has 0 aromatic rings. The molecule has 0 radical (unpaired) electrons. The van der Waals surface area contributed by atoms with Gasteiger partial charge < -0.3 is 39.7 Å². The van der Waals surface area contributed by atoms with E-state index in [1.54, 1.807) is 20.8 Å². The summed E-state index contributed by atoms with van der Waals surface area (Å²) in [7, 11) is 0. The average Bonchev–Trinajstić information content (AvgIpc) is 2.68. The first kappa shape index (κ1) is 35.3. The number of carbonyl (C=O) groups is 2. The van der Waals surface area contributed by atoms with Gasteiger partial charge in [0, 0.05) is 19.4 Å². The van der Waals surface area contributed by atoms with Crippen LogP contribution < -0.4 is 0 Å². The monoisotopic (exact) mass is 470 g/mol. The van der Waals surface area contributed by atoms with Crippen LogP contribution in [0.3, 0.4) is 0 Å². The molecule has 0 aliphatic heterocycles. The zero-order chi connectivity index (χ0) is 25.5. The standard InChI is InChI=1S/C10H22O3.C6H10O4.C6H14O3/c1-8(2)5-12-7-10(4)13-6-9(3)11;7-5(8)3-1-2-4-6(9)10;1-5(8)4-9-6(2)3-7/h8-11H,5-7H2,1-4H3;1-4H2,(H,7,8)(H,9,10);5-8H,3-4H2,1-2H3. The van der Waals surface area contributed by atoms with Crippen LogP contribution >= 0.6 is 0 Å². The summed E-state index contributed by atoms with van der Waals surface area (Å²) in [6, 6.07) is 0. The van der Waals surface area contributed by atoms with Gasteiger partial charge in [-0.2, -0.15) is 0 Å². The summed E-state index contributed by atoms with van der Waals surface area (Å²) in [4.78, 5) is 19.8. The molecule has 32 heavy (non-hydrogen) atoms. The molecule has 0 spiro atoms. The lowest BCUT2D eigenvalue weighted by molar-refractivity contribution is -0.139. The largest absolute Gasteiger partial charge is 0.481 e. The molecule has 0 aliphatic rings. The maximum Gasteiger partial charge on any atom is 0.303 e. The Labute approximate surface area is 192 Å². The van der Waals surface area contributed by atoms with Gasteiger partial charge in [0.1, 0.15) is 0 Å². The second kappa shape index (κ2) is 24.3. The van der Waals surface area contributed by atoms with E-state index in [2.05, 4.69) is 13.8 Å². The summed E-state index contributed by atoms with van der Waals surface area (Å²) in [6.07, 6.45) is 0.0728. The highest BCUT2D eigenvalue weighted by atomic mass is 16.5. The topological polar surface area (TPSA) is 163 Å². The Bertz CT molecular complexity index is 411. The van der Waals surface area contributed by atoms with Crippen LogP contribution in [0.5, 0.6) is 0 Å². The van der Waals surface area contributed by atoms with Crippen molar-refractivity contribution < 1.29 is 49.3 Å². The normalized spacial score (nSPS) is 14.3. The molecule has 4 unspecified atom stereocenters. The van der Waals surface area contributed by atoms with Crippen molar-refractivity contribution in [3.8, 4) is 0 Å². The Morgan fingerprint density at radius 3 is 1.41 bits per heavy atom. The number of hydrogen-bond acceptors (Lipinski definition) is 8. The molecule has 0 aromatic carbocycles. The minimum atomic E-state index is -0.870. The van der Waals surface area contributed by atoms with Gasteiger partial charge in [0.2, 0.25) is 0 Å². The molecular formula is C22H46O10. The smallest absolute Gasteiger partial charge is 0.303 e. The van der Waals surface area contributed by atoms with E-state index in [1.165, 1.54) is 0 Å². The van der Waals surface area contributed by atoms with Crippen molar-refractivity contribution >= 4 is 11.9 Å². The molecule has 0 rings (SSSR count). The summed E-state index contributed by atoms with van der Waals surface area (Å²) in [5.74, 6) is -1.18.